The molecule has 134 valence electrons. The number of nitrogens with zero attached hydrogens (tertiary/aromatic N) is 2. The Morgan fingerprint density at radius 3 is 2.79 bits per heavy atom. The smallest absolute Gasteiger partial charge is 0.410 e. The molecule has 1 aliphatic rings. The van der Waals surface area contributed by atoms with Gasteiger partial charge in [0.15, 0.2) is 0 Å². The van der Waals surface area contributed by atoms with Crippen molar-refractivity contribution < 1.29 is 9.53 Å². The van der Waals surface area contributed by atoms with Gasteiger partial charge in [-0.15, -0.1) is 0 Å². The molecule has 1 N–H and O–H groups in total. The van der Waals surface area contributed by atoms with Gasteiger partial charge in [-0.3, -0.25) is 0 Å². The molecule has 0 spiro atoms. The number of ether oxygens (including phenoxy) is 1. The van der Waals surface area contributed by atoms with Gasteiger partial charge in [0.25, 0.3) is 0 Å². The Kier molecular flexibility index (Phi) is 5.97. The maximum atomic E-state index is 12.3. The Labute approximate surface area is 149 Å². The van der Waals surface area contributed by atoms with Crippen LogP contribution in [-0.4, -0.2) is 40.7 Å². The van der Waals surface area contributed by atoms with E-state index in [2.05, 4.69) is 17.2 Å². The minimum atomic E-state index is -0.458. The van der Waals surface area contributed by atoms with Gasteiger partial charge in [-0.25, -0.2) is 9.78 Å². The molecule has 1 amide bonds. The van der Waals surface area contributed by atoms with E-state index in [0.717, 1.165) is 30.8 Å². The number of carbonyl (C=O) groups is 1. The molecular formula is C18H28ClN3O2. The van der Waals surface area contributed by atoms with E-state index in [0.29, 0.717) is 17.6 Å². The van der Waals surface area contributed by atoms with E-state index in [1.54, 1.807) is 6.07 Å². The zero-order valence-corrected chi connectivity index (χ0v) is 16.0. The highest BCUT2D eigenvalue weighted by molar-refractivity contribution is 6.29. The molecule has 0 aromatic carbocycles. The molecule has 5 nitrogen and oxygen atoms in total. The van der Waals surface area contributed by atoms with Crippen LogP contribution in [0.5, 0.6) is 0 Å². The summed E-state index contributed by atoms with van der Waals surface area (Å²) in [7, 11) is 0. The molecule has 0 bridgehead atoms. The summed E-state index contributed by atoms with van der Waals surface area (Å²) in [4.78, 5) is 18.4. The number of halogens is 1. The molecule has 1 aromatic rings. The van der Waals surface area contributed by atoms with E-state index in [4.69, 9.17) is 16.3 Å². The van der Waals surface area contributed by atoms with Crippen LogP contribution in [-0.2, 0) is 4.74 Å². The van der Waals surface area contributed by atoms with Gasteiger partial charge in [-0.2, -0.15) is 0 Å². The van der Waals surface area contributed by atoms with Gasteiger partial charge in [-0.05, 0) is 65.5 Å². The van der Waals surface area contributed by atoms with Crippen molar-refractivity contribution in [1.82, 2.24) is 9.88 Å². The molecule has 1 aliphatic heterocycles. The number of carbonyl (C=O) groups excluding carboxylic acids is 1. The normalized spacial score (nSPS) is 19.8. The van der Waals surface area contributed by atoms with Crippen molar-refractivity contribution in [3.63, 3.8) is 0 Å². The van der Waals surface area contributed by atoms with Gasteiger partial charge in [0.05, 0.1) is 11.4 Å². The summed E-state index contributed by atoms with van der Waals surface area (Å²) in [6.45, 7) is 11.3. The average Bonchev–Trinajstić information content (AvgIpc) is 2.48. The van der Waals surface area contributed by atoms with E-state index in [-0.39, 0.29) is 12.1 Å². The number of aryl methyl sites for hydroxylation is 1. The van der Waals surface area contributed by atoms with Gasteiger partial charge in [-0.1, -0.05) is 11.6 Å². The monoisotopic (exact) mass is 353 g/mol. The number of hydrogen-bond acceptors (Lipinski definition) is 4. The number of amides is 1. The molecule has 1 saturated heterocycles. The number of likely N-dealkylation sites (tertiary alicyclic amines) is 1. The summed E-state index contributed by atoms with van der Waals surface area (Å²) in [6.07, 6.45) is 1.87. The van der Waals surface area contributed by atoms with Crippen molar-refractivity contribution in [2.75, 3.05) is 18.4 Å². The number of aromatic nitrogens is 1. The highest BCUT2D eigenvalue weighted by Gasteiger charge is 2.30. The summed E-state index contributed by atoms with van der Waals surface area (Å²) < 4.78 is 5.50. The minimum Gasteiger partial charge on any atom is -0.444 e. The SMILES string of the molecule is Cc1nc(Cl)ccc1NC(C)C1CCCN(C(=O)OC(C)(C)C)C1. The predicted octanol–water partition coefficient (Wildman–Crippen LogP) is 4.49. The first kappa shape index (κ1) is 18.8. The second-order valence-electron chi connectivity index (χ2n) is 7.53. The molecule has 2 unspecified atom stereocenters. The van der Waals surface area contributed by atoms with Crippen molar-refractivity contribution >= 4 is 23.4 Å². The zero-order chi connectivity index (χ0) is 17.9. The van der Waals surface area contributed by atoms with Crippen molar-refractivity contribution in [3.8, 4) is 0 Å². The van der Waals surface area contributed by atoms with Crippen molar-refractivity contribution in [2.45, 2.75) is 59.1 Å². The molecule has 1 aromatic heterocycles. The molecule has 2 atom stereocenters. The lowest BCUT2D eigenvalue weighted by Crippen LogP contribution is -2.46. The Morgan fingerprint density at radius 2 is 2.17 bits per heavy atom. The van der Waals surface area contributed by atoms with E-state index < -0.39 is 5.60 Å². The van der Waals surface area contributed by atoms with Crippen molar-refractivity contribution in [3.05, 3.63) is 23.0 Å². The third-order valence-corrected chi connectivity index (χ3v) is 4.46. The summed E-state index contributed by atoms with van der Waals surface area (Å²) in [5, 5.41) is 4.01. The van der Waals surface area contributed by atoms with Crippen LogP contribution in [0.1, 0.15) is 46.2 Å². The summed E-state index contributed by atoms with van der Waals surface area (Å²) in [5.41, 5.74) is 1.41. The lowest BCUT2D eigenvalue weighted by molar-refractivity contribution is 0.0159. The summed E-state index contributed by atoms with van der Waals surface area (Å²) in [5.74, 6) is 0.376. The van der Waals surface area contributed by atoms with E-state index in [9.17, 15) is 4.79 Å². The molecule has 2 rings (SSSR count). The number of nitrogens with one attached hydrogen (secondary N) is 1. The van der Waals surface area contributed by atoms with Gasteiger partial charge in [0, 0.05) is 19.1 Å². The molecule has 0 saturated carbocycles. The Balaban J connectivity index is 1.97. The minimum absolute atomic E-state index is 0.219. The highest BCUT2D eigenvalue weighted by Crippen LogP contribution is 2.25. The van der Waals surface area contributed by atoms with E-state index in [1.165, 1.54) is 0 Å². The molecule has 1 fully saturated rings. The number of pyridine rings is 1. The van der Waals surface area contributed by atoms with Gasteiger partial charge < -0.3 is 15.0 Å². The molecule has 6 heteroatoms. The fraction of sp³-hybridized carbons (Fsp3) is 0.667. The maximum absolute atomic E-state index is 12.3. The van der Waals surface area contributed by atoms with Crippen LogP contribution < -0.4 is 5.32 Å². The van der Waals surface area contributed by atoms with Gasteiger partial charge in [0.1, 0.15) is 10.8 Å². The van der Waals surface area contributed by atoms with Crippen LogP contribution >= 0.6 is 11.6 Å². The van der Waals surface area contributed by atoms with E-state index >= 15 is 0 Å². The Morgan fingerprint density at radius 1 is 1.46 bits per heavy atom. The lowest BCUT2D eigenvalue weighted by Gasteiger charge is -2.37. The third-order valence-electron chi connectivity index (χ3n) is 4.25. The number of hydrogen-bond donors (Lipinski definition) is 1. The second-order valence-corrected chi connectivity index (χ2v) is 7.92. The molecule has 0 aliphatic carbocycles. The van der Waals surface area contributed by atoms with Crippen molar-refractivity contribution in [1.29, 1.82) is 0 Å². The number of piperidine rings is 1. The second kappa shape index (κ2) is 7.60. The first-order valence-electron chi connectivity index (χ1n) is 8.53. The van der Waals surface area contributed by atoms with Crippen LogP contribution in [0, 0.1) is 12.8 Å². The zero-order valence-electron chi connectivity index (χ0n) is 15.2. The highest BCUT2D eigenvalue weighted by atomic mass is 35.5. The summed E-state index contributed by atoms with van der Waals surface area (Å²) >= 11 is 5.91. The molecule has 24 heavy (non-hydrogen) atoms. The van der Waals surface area contributed by atoms with Crippen LogP contribution in [0.2, 0.25) is 5.15 Å². The number of anilines is 1. The Bertz CT molecular complexity index is 586. The quantitative estimate of drug-likeness (QED) is 0.813. The fourth-order valence-corrected chi connectivity index (χ4v) is 3.15. The lowest BCUT2D eigenvalue weighted by atomic mass is 9.91. The third kappa shape index (κ3) is 5.26. The van der Waals surface area contributed by atoms with Crippen LogP contribution in [0.15, 0.2) is 12.1 Å². The first-order chi connectivity index (χ1) is 11.2. The molecular weight excluding hydrogens is 326 g/mol. The van der Waals surface area contributed by atoms with Gasteiger partial charge in [0.2, 0.25) is 0 Å². The first-order valence-corrected chi connectivity index (χ1v) is 8.91. The standard InChI is InChI=1S/C18H28ClN3O2/c1-12(20-15-8-9-16(19)21-13(15)2)14-7-6-10-22(11-14)17(23)24-18(3,4)5/h8-9,12,14,20H,6-7,10-11H2,1-5H3. The van der Waals surface area contributed by atoms with Gasteiger partial charge >= 0.3 is 6.09 Å². The molecule has 0 radical (unpaired) electrons. The Hall–Kier alpha value is -1.49. The topological polar surface area (TPSA) is 54.5 Å². The predicted molar refractivity (Wildman–Crippen MR) is 97.6 cm³/mol. The van der Waals surface area contributed by atoms with Crippen LogP contribution in [0.4, 0.5) is 10.5 Å². The van der Waals surface area contributed by atoms with Crippen LogP contribution in [0.3, 0.4) is 0 Å². The maximum Gasteiger partial charge on any atom is 0.410 e. The largest absolute Gasteiger partial charge is 0.444 e. The number of rotatable bonds is 3. The van der Waals surface area contributed by atoms with Crippen molar-refractivity contribution in [2.24, 2.45) is 5.92 Å². The average molecular weight is 354 g/mol. The fourth-order valence-electron chi connectivity index (χ4n) is 2.96. The summed E-state index contributed by atoms with van der Waals surface area (Å²) in [6, 6.07) is 3.98. The van der Waals surface area contributed by atoms with E-state index in [1.807, 2.05) is 38.7 Å². The van der Waals surface area contributed by atoms with Crippen LogP contribution in [0.25, 0.3) is 0 Å². The molecule has 2 heterocycles.